The number of para-hydroxylation sites is 1. The summed E-state index contributed by atoms with van der Waals surface area (Å²) in [4.78, 5) is 15.8. The van der Waals surface area contributed by atoms with Crippen LogP contribution in [-0.4, -0.2) is 11.6 Å². The normalized spacial score (nSPS) is 13.5. The summed E-state index contributed by atoms with van der Waals surface area (Å²) >= 11 is 0. The zero-order valence-electron chi connectivity index (χ0n) is 10.1. The molecule has 0 radical (unpaired) electrons. The van der Waals surface area contributed by atoms with Crippen molar-refractivity contribution in [2.24, 2.45) is 0 Å². The predicted molar refractivity (Wildman–Crippen MR) is 76.6 cm³/mol. The summed E-state index contributed by atoms with van der Waals surface area (Å²) in [5, 5.41) is 1.42. The van der Waals surface area contributed by atoms with E-state index in [1.54, 1.807) is 0 Å². The van der Waals surface area contributed by atoms with Crippen LogP contribution in [0.4, 0.5) is 0 Å². The lowest BCUT2D eigenvalue weighted by Gasteiger charge is -2.14. The van der Waals surface area contributed by atoms with Crippen LogP contribution >= 0.6 is 0 Å². The van der Waals surface area contributed by atoms with Crippen molar-refractivity contribution >= 4 is 27.9 Å². The second-order valence-electron chi connectivity index (χ2n) is 4.61. The molecule has 0 saturated carbocycles. The number of benzene rings is 2. The quantitative estimate of drug-likeness (QED) is 0.622. The van der Waals surface area contributed by atoms with Crippen molar-refractivity contribution in [3.05, 3.63) is 58.3 Å². The molecule has 0 unspecified atom stereocenters. The molecule has 0 saturated heterocycles. The van der Waals surface area contributed by atoms with E-state index in [9.17, 15) is 4.79 Å². The molecule has 0 fully saturated rings. The Morgan fingerprint density at radius 3 is 2.89 bits per heavy atom. The highest BCUT2D eigenvalue weighted by Gasteiger charge is 2.13. The van der Waals surface area contributed by atoms with E-state index in [1.807, 2.05) is 48.6 Å². The number of ether oxygens (including phenoxy) is 1. The highest BCUT2D eigenvalue weighted by atomic mass is 16.5. The Kier molecular flexibility index (Phi) is 2.03. The first kappa shape index (κ1) is 10.4. The zero-order chi connectivity index (χ0) is 12.8. The Hall–Kier alpha value is -2.55. The zero-order valence-corrected chi connectivity index (χ0v) is 10.1. The number of hydrogen-bond acceptors (Lipinski definition) is 2. The number of nitrogens with one attached hydrogen (secondary N) is 1. The number of pyridine rings is 1. The second kappa shape index (κ2) is 3.72. The van der Waals surface area contributed by atoms with Crippen molar-refractivity contribution in [3.8, 4) is 5.75 Å². The van der Waals surface area contributed by atoms with E-state index in [-0.39, 0.29) is 5.43 Å². The Morgan fingerprint density at radius 1 is 1.05 bits per heavy atom. The molecule has 0 aliphatic carbocycles. The van der Waals surface area contributed by atoms with Gasteiger partial charge in [0.2, 0.25) is 0 Å². The third-order valence-corrected chi connectivity index (χ3v) is 3.50. The predicted octanol–water partition coefficient (Wildman–Crippen LogP) is 3.09. The summed E-state index contributed by atoms with van der Waals surface area (Å²) in [6.45, 7) is 0.580. The SMILES string of the molecule is O=c1c2ccccc2[nH]c2c3c(ccc12)OCC=C3. The molecular formula is C16H11NO2. The smallest absolute Gasteiger partial charge is 0.197 e. The molecule has 4 rings (SSSR count). The van der Waals surface area contributed by atoms with Gasteiger partial charge in [-0.15, -0.1) is 0 Å². The van der Waals surface area contributed by atoms with Crippen LogP contribution in [0, 0.1) is 0 Å². The minimum Gasteiger partial charge on any atom is -0.489 e. The van der Waals surface area contributed by atoms with E-state index in [1.165, 1.54) is 0 Å². The molecule has 1 aliphatic heterocycles. The fraction of sp³-hybridized carbons (Fsp3) is 0.0625. The van der Waals surface area contributed by atoms with E-state index in [0.717, 1.165) is 27.7 Å². The molecule has 3 heteroatoms. The van der Waals surface area contributed by atoms with Crippen molar-refractivity contribution in [1.29, 1.82) is 0 Å². The van der Waals surface area contributed by atoms with Gasteiger partial charge in [0.15, 0.2) is 5.43 Å². The molecule has 0 atom stereocenters. The van der Waals surface area contributed by atoms with Crippen molar-refractivity contribution in [1.82, 2.24) is 4.98 Å². The van der Waals surface area contributed by atoms with Gasteiger partial charge in [-0.3, -0.25) is 4.79 Å². The summed E-state index contributed by atoms with van der Waals surface area (Å²) < 4.78 is 5.57. The topological polar surface area (TPSA) is 42.1 Å². The molecule has 1 aromatic heterocycles. The van der Waals surface area contributed by atoms with Crippen LogP contribution in [0.15, 0.2) is 47.3 Å². The maximum absolute atomic E-state index is 12.5. The van der Waals surface area contributed by atoms with Crippen LogP contribution in [0.3, 0.4) is 0 Å². The van der Waals surface area contributed by atoms with Crippen LogP contribution < -0.4 is 10.2 Å². The molecule has 0 spiro atoms. The van der Waals surface area contributed by atoms with Gasteiger partial charge in [0.1, 0.15) is 12.4 Å². The first-order valence-corrected chi connectivity index (χ1v) is 6.22. The molecule has 0 bridgehead atoms. The van der Waals surface area contributed by atoms with Gasteiger partial charge in [-0.1, -0.05) is 12.1 Å². The molecule has 2 heterocycles. The first-order chi connectivity index (χ1) is 9.34. The maximum atomic E-state index is 12.5. The summed E-state index contributed by atoms with van der Waals surface area (Å²) in [5.41, 5.74) is 2.71. The summed E-state index contributed by atoms with van der Waals surface area (Å²) in [6.07, 6.45) is 3.96. The number of aromatic nitrogens is 1. The van der Waals surface area contributed by atoms with Crippen molar-refractivity contribution < 1.29 is 4.74 Å². The number of aromatic amines is 1. The minimum atomic E-state index is 0.0612. The van der Waals surface area contributed by atoms with Gasteiger partial charge in [0, 0.05) is 21.9 Å². The van der Waals surface area contributed by atoms with Gasteiger partial charge in [-0.2, -0.15) is 0 Å². The van der Waals surface area contributed by atoms with Crippen molar-refractivity contribution in [2.45, 2.75) is 0 Å². The Morgan fingerprint density at radius 2 is 1.95 bits per heavy atom. The van der Waals surface area contributed by atoms with Gasteiger partial charge in [0.25, 0.3) is 0 Å². The average molecular weight is 249 g/mol. The third kappa shape index (κ3) is 1.41. The number of rotatable bonds is 0. The fourth-order valence-corrected chi connectivity index (χ4v) is 2.59. The minimum absolute atomic E-state index is 0.0612. The van der Waals surface area contributed by atoms with Crippen LogP contribution in [0.25, 0.3) is 27.9 Å². The van der Waals surface area contributed by atoms with Gasteiger partial charge >= 0.3 is 0 Å². The largest absolute Gasteiger partial charge is 0.489 e. The van der Waals surface area contributed by atoms with E-state index in [4.69, 9.17) is 4.74 Å². The number of fused-ring (bicyclic) bond motifs is 4. The highest BCUT2D eigenvalue weighted by molar-refractivity contribution is 5.97. The molecular weight excluding hydrogens is 238 g/mol. The summed E-state index contributed by atoms with van der Waals surface area (Å²) in [6, 6.07) is 11.3. The summed E-state index contributed by atoms with van der Waals surface area (Å²) in [7, 11) is 0. The molecule has 3 aromatic rings. The fourth-order valence-electron chi connectivity index (χ4n) is 2.59. The summed E-state index contributed by atoms with van der Waals surface area (Å²) in [5.74, 6) is 0.820. The second-order valence-corrected chi connectivity index (χ2v) is 4.61. The Balaban J connectivity index is 2.25. The molecule has 1 N–H and O–H groups in total. The lowest BCUT2D eigenvalue weighted by molar-refractivity contribution is 0.359. The average Bonchev–Trinajstić information content (AvgIpc) is 2.47. The highest BCUT2D eigenvalue weighted by Crippen LogP contribution is 2.30. The van der Waals surface area contributed by atoms with E-state index < -0.39 is 0 Å². The van der Waals surface area contributed by atoms with Gasteiger partial charge in [0.05, 0.1) is 5.52 Å². The Bertz CT molecular complexity index is 890. The first-order valence-electron chi connectivity index (χ1n) is 6.22. The lowest BCUT2D eigenvalue weighted by atomic mass is 10.0. The van der Waals surface area contributed by atoms with E-state index in [0.29, 0.717) is 12.0 Å². The molecule has 19 heavy (non-hydrogen) atoms. The van der Waals surface area contributed by atoms with Gasteiger partial charge in [-0.25, -0.2) is 0 Å². The molecule has 92 valence electrons. The monoisotopic (exact) mass is 249 g/mol. The standard InChI is InChI=1S/C16H11NO2/c18-16-10-4-1-2-6-13(10)17-15-11-5-3-9-19-14(11)8-7-12(15)16/h1-8H,9H2,(H,17,18). The van der Waals surface area contributed by atoms with Crippen LogP contribution in [0.1, 0.15) is 5.56 Å². The number of H-pyrrole nitrogens is 1. The van der Waals surface area contributed by atoms with Crippen molar-refractivity contribution in [2.75, 3.05) is 6.61 Å². The maximum Gasteiger partial charge on any atom is 0.197 e. The molecule has 3 nitrogen and oxygen atoms in total. The third-order valence-electron chi connectivity index (χ3n) is 3.50. The van der Waals surface area contributed by atoms with Gasteiger partial charge in [-0.05, 0) is 36.4 Å². The molecule has 0 amide bonds. The van der Waals surface area contributed by atoms with Crippen LogP contribution in [0.2, 0.25) is 0 Å². The van der Waals surface area contributed by atoms with Crippen molar-refractivity contribution in [3.63, 3.8) is 0 Å². The van der Waals surface area contributed by atoms with E-state index in [2.05, 4.69) is 4.98 Å². The molecule has 2 aromatic carbocycles. The van der Waals surface area contributed by atoms with E-state index >= 15 is 0 Å². The van der Waals surface area contributed by atoms with Gasteiger partial charge < -0.3 is 9.72 Å². The Labute approximate surface area is 109 Å². The number of hydrogen-bond donors (Lipinski definition) is 1. The van der Waals surface area contributed by atoms with Crippen LogP contribution in [-0.2, 0) is 0 Å². The molecule has 1 aliphatic rings. The lowest BCUT2D eigenvalue weighted by Crippen LogP contribution is -2.07. The van der Waals surface area contributed by atoms with Crippen LogP contribution in [0.5, 0.6) is 5.75 Å².